The number of rotatable bonds is 9. The molecule has 6 nitrogen and oxygen atoms in total. The number of hydrogen-bond donors (Lipinski definition) is 1. The van der Waals surface area contributed by atoms with Gasteiger partial charge < -0.3 is 19.5 Å². The maximum absolute atomic E-state index is 11.9. The van der Waals surface area contributed by atoms with E-state index in [-0.39, 0.29) is 5.57 Å². The minimum atomic E-state index is -0.434. The fourth-order valence-corrected chi connectivity index (χ4v) is 1.79. The number of nitriles is 1. The van der Waals surface area contributed by atoms with Gasteiger partial charge in [-0.2, -0.15) is 5.26 Å². The number of carbonyl (C=O) groups is 1. The summed E-state index contributed by atoms with van der Waals surface area (Å²) in [6.07, 6.45) is 2.38. The van der Waals surface area contributed by atoms with Gasteiger partial charge in [0.05, 0.1) is 20.3 Å². The van der Waals surface area contributed by atoms with Crippen molar-refractivity contribution in [3.05, 3.63) is 29.3 Å². The third-order valence-corrected chi connectivity index (χ3v) is 2.92. The molecule has 124 valence electrons. The van der Waals surface area contributed by atoms with Crippen molar-refractivity contribution in [1.82, 2.24) is 5.32 Å². The van der Waals surface area contributed by atoms with Crippen molar-refractivity contribution < 1.29 is 19.0 Å². The number of benzene rings is 1. The van der Waals surface area contributed by atoms with E-state index in [0.717, 1.165) is 6.42 Å². The maximum atomic E-state index is 11.9. The minimum absolute atomic E-state index is 0.0210. The molecule has 1 aromatic carbocycles. The highest BCUT2D eigenvalue weighted by atomic mass is 16.5. The van der Waals surface area contributed by atoms with E-state index < -0.39 is 5.91 Å². The molecule has 0 heterocycles. The molecule has 1 amide bonds. The minimum Gasteiger partial charge on any atom is -0.493 e. The van der Waals surface area contributed by atoms with Crippen molar-refractivity contribution in [2.75, 3.05) is 34.0 Å². The molecule has 1 rings (SSSR count). The molecule has 0 saturated carbocycles. The Morgan fingerprint density at radius 2 is 2.09 bits per heavy atom. The molecule has 0 aliphatic rings. The summed E-state index contributed by atoms with van der Waals surface area (Å²) < 4.78 is 15.7. The number of carbonyl (C=O) groups excluding carboxylic acids is 1. The zero-order valence-corrected chi connectivity index (χ0v) is 13.7. The maximum Gasteiger partial charge on any atom is 0.262 e. The normalized spacial score (nSPS) is 10.8. The summed E-state index contributed by atoms with van der Waals surface area (Å²) in [5, 5.41) is 11.8. The first-order chi connectivity index (χ1) is 11.2. The van der Waals surface area contributed by atoms with Gasteiger partial charge >= 0.3 is 0 Å². The van der Waals surface area contributed by atoms with Crippen LogP contribution in [-0.2, 0) is 9.53 Å². The third kappa shape index (κ3) is 6.01. The van der Waals surface area contributed by atoms with Crippen LogP contribution in [0.1, 0.15) is 18.9 Å². The number of amides is 1. The Balaban J connectivity index is 2.94. The summed E-state index contributed by atoms with van der Waals surface area (Å²) in [6.45, 7) is 3.31. The van der Waals surface area contributed by atoms with E-state index in [1.165, 1.54) is 6.08 Å². The highest BCUT2D eigenvalue weighted by molar-refractivity contribution is 6.01. The van der Waals surface area contributed by atoms with Crippen molar-refractivity contribution in [3.63, 3.8) is 0 Å². The molecule has 0 spiro atoms. The van der Waals surface area contributed by atoms with Crippen LogP contribution in [0.3, 0.4) is 0 Å². The van der Waals surface area contributed by atoms with Crippen LogP contribution in [-0.4, -0.2) is 39.9 Å². The zero-order chi connectivity index (χ0) is 17.1. The summed E-state index contributed by atoms with van der Waals surface area (Å²) in [6, 6.07) is 7.15. The van der Waals surface area contributed by atoms with Gasteiger partial charge in [-0.25, -0.2) is 0 Å². The highest BCUT2D eigenvalue weighted by Crippen LogP contribution is 2.29. The molecule has 0 saturated heterocycles. The van der Waals surface area contributed by atoms with Crippen molar-refractivity contribution in [1.29, 1.82) is 5.26 Å². The van der Waals surface area contributed by atoms with Crippen molar-refractivity contribution in [2.24, 2.45) is 0 Å². The average molecular weight is 318 g/mol. The zero-order valence-electron chi connectivity index (χ0n) is 13.7. The molecule has 1 N–H and O–H groups in total. The Bertz CT molecular complexity index is 591. The van der Waals surface area contributed by atoms with Crippen LogP contribution in [0.25, 0.3) is 6.08 Å². The number of hydrogen-bond acceptors (Lipinski definition) is 5. The third-order valence-electron chi connectivity index (χ3n) is 2.92. The van der Waals surface area contributed by atoms with Crippen molar-refractivity contribution in [3.8, 4) is 17.6 Å². The van der Waals surface area contributed by atoms with Gasteiger partial charge in [-0.05, 0) is 30.2 Å². The quantitative estimate of drug-likeness (QED) is 0.429. The first kappa shape index (κ1) is 18.5. The molecule has 0 bridgehead atoms. The van der Waals surface area contributed by atoms with Gasteiger partial charge in [-0.1, -0.05) is 13.0 Å². The number of nitrogens with zero attached hydrogens (tertiary/aromatic N) is 1. The Labute approximate surface area is 136 Å². The summed E-state index contributed by atoms with van der Waals surface area (Å²) in [5.74, 6) is 0.759. The predicted octanol–water partition coefficient (Wildman–Crippen LogP) is 2.15. The smallest absolute Gasteiger partial charge is 0.262 e. The molecular formula is C17H22N2O4. The second-order valence-corrected chi connectivity index (χ2v) is 4.68. The summed E-state index contributed by atoms with van der Waals surface area (Å²) in [5.41, 5.74) is 0.711. The molecule has 0 unspecified atom stereocenters. The molecule has 23 heavy (non-hydrogen) atoms. The lowest BCUT2D eigenvalue weighted by Gasteiger charge is -2.10. The van der Waals surface area contributed by atoms with Crippen LogP contribution in [0.2, 0.25) is 0 Å². The molecule has 0 aromatic heterocycles. The van der Waals surface area contributed by atoms with E-state index in [2.05, 4.69) is 5.32 Å². The Hall–Kier alpha value is -2.52. The van der Waals surface area contributed by atoms with E-state index in [0.29, 0.717) is 36.8 Å². The summed E-state index contributed by atoms with van der Waals surface area (Å²) >= 11 is 0. The summed E-state index contributed by atoms with van der Waals surface area (Å²) in [7, 11) is 3.11. The van der Waals surface area contributed by atoms with Crippen LogP contribution in [0.4, 0.5) is 0 Å². The largest absolute Gasteiger partial charge is 0.493 e. The number of nitrogens with one attached hydrogen (secondary N) is 1. The van der Waals surface area contributed by atoms with Crippen LogP contribution in [0, 0.1) is 11.3 Å². The van der Waals surface area contributed by atoms with Gasteiger partial charge in [0, 0.05) is 13.7 Å². The second-order valence-electron chi connectivity index (χ2n) is 4.68. The highest BCUT2D eigenvalue weighted by Gasteiger charge is 2.10. The number of ether oxygens (including phenoxy) is 3. The van der Waals surface area contributed by atoms with E-state index in [1.807, 2.05) is 13.0 Å². The molecular weight excluding hydrogens is 296 g/mol. The fraction of sp³-hybridized carbons (Fsp3) is 0.412. The monoisotopic (exact) mass is 318 g/mol. The Morgan fingerprint density at radius 1 is 1.30 bits per heavy atom. The van der Waals surface area contributed by atoms with E-state index in [4.69, 9.17) is 19.5 Å². The van der Waals surface area contributed by atoms with Crippen molar-refractivity contribution in [2.45, 2.75) is 13.3 Å². The lowest BCUT2D eigenvalue weighted by Crippen LogP contribution is -2.27. The van der Waals surface area contributed by atoms with Crippen LogP contribution < -0.4 is 14.8 Å². The van der Waals surface area contributed by atoms with Gasteiger partial charge in [0.25, 0.3) is 5.91 Å². The molecule has 0 aliphatic carbocycles. The van der Waals surface area contributed by atoms with E-state index >= 15 is 0 Å². The topological polar surface area (TPSA) is 80.6 Å². The Morgan fingerprint density at radius 3 is 2.70 bits per heavy atom. The molecule has 0 radical (unpaired) electrons. The standard InChI is InChI=1S/C17H22N2O4/c1-4-8-23-16-11-13(5-6-15(16)22-3)10-14(12-18)17(20)19-7-9-21-2/h5-6,10-11H,4,7-9H2,1-3H3,(H,19,20)/b14-10+. The first-order valence-corrected chi connectivity index (χ1v) is 7.36. The Kier molecular flexibility index (Phi) is 8.25. The van der Waals surface area contributed by atoms with Crippen molar-refractivity contribution >= 4 is 12.0 Å². The molecule has 6 heteroatoms. The van der Waals surface area contributed by atoms with Gasteiger partial charge in [0.15, 0.2) is 11.5 Å². The van der Waals surface area contributed by atoms with Crippen LogP contribution in [0.5, 0.6) is 11.5 Å². The SMILES string of the molecule is CCCOc1cc(/C=C(\C#N)C(=O)NCCOC)ccc1OC. The molecule has 1 aromatic rings. The van der Waals surface area contributed by atoms with E-state index in [1.54, 1.807) is 32.4 Å². The second kappa shape index (κ2) is 10.2. The lowest BCUT2D eigenvalue weighted by atomic mass is 10.1. The average Bonchev–Trinajstić information content (AvgIpc) is 2.57. The summed E-state index contributed by atoms with van der Waals surface area (Å²) in [4.78, 5) is 11.9. The lowest BCUT2D eigenvalue weighted by molar-refractivity contribution is -0.117. The predicted molar refractivity (Wildman–Crippen MR) is 87.3 cm³/mol. The van der Waals surface area contributed by atoms with Gasteiger partial charge in [0.2, 0.25) is 0 Å². The molecule has 0 aliphatic heterocycles. The molecule has 0 atom stereocenters. The fourth-order valence-electron chi connectivity index (χ4n) is 1.79. The molecule has 0 fully saturated rings. The van der Waals surface area contributed by atoms with Gasteiger partial charge in [0.1, 0.15) is 11.6 Å². The van der Waals surface area contributed by atoms with Gasteiger partial charge in [-0.3, -0.25) is 4.79 Å². The van der Waals surface area contributed by atoms with Gasteiger partial charge in [-0.15, -0.1) is 0 Å². The van der Waals surface area contributed by atoms with E-state index in [9.17, 15) is 4.79 Å². The number of methoxy groups -OCH3 is 2. The van der Waals surface area contributed by atoms with Crippen LogP contribution >= 0.6 is 0 Å². The first-order valence-electron chi connectivity index (χ1n) is 7.36. The van der Waals surface area contributed by atoms with Crippen LogP contribution in [0.15, 0.2) is 23.8 Å².